The van der Waals surface area contributed by atoms with Gasteiger partial charge in [0.25, 0.3) is 5.91 Å². The van der Waals surface area contributed by atoms with Gasteiger partial charge in [0.15, 0.2) is 0 Å². The summed E-state index contributed by atoms with van der Waals surface area (Å²) in [6.07, 6.45) is 0.00506. The van der Waals surface area contributed by atoms with Crippen molar-refractivity contribution in [2.24, 2.45) is 5.92 Å². The Kier molecular flexibility index (Phi) is 5.74. The molecule has 1 heterocycles. The average molecular weight is 353 g/mol. The lowest BCUT2D eigenvalue weighted by Crippen LogP contribution is -2.45. The highest BCUT2D eigenvalue weighted by atomic mass is 16.5. The van der Waals surface area contributed by atoms with Gasteiger partial charge in [0, 0.05) is 12.1 Å². The highest BCUT2D eigenvalue weighted by Gasteiger charge is 2.28. The number of carbonyl (C=O) groups excluding carboxylic acids is 1. The smallest absolute Gasteiger partial charge is 0.254 e. The molecule has 0 radical (unpaired) electrons. The van der Waals surface area contributed by atoms with Crippen molar-refractivity contribution in [1.29, 1.82) is 0 Å². The molecule has 0 aliphatic carbocycles. The van der Waals surface area contributed by atoms with E-state index in [0.29, 0.717) is 18.7 Å². The molecule has 138 valence electrons. The number of hydrogen-bond acceptors (Lipinski definition) is 3. The number of aliphatic hydroxyl groups excluding tert-OH is 1. The van der Waals surface area contributed by atoms with E-state index < -0.39 is 0 Å². The van der Waals surface area contributed by atoms with E-state index in [1.807, 2.05) is 56.3 Å². The first-order valence-electron chi connectivity index (χ1n) is 9.23. The first-order valence-corrected chi connectivity index (χ1v) is 9.23. The molecule has 0 fully saturated rings. The van der Waals surface area contributed by atoms with E-state index in [0.717, 1.165) is 16.7 Å². The highest BCUT2D eigenvalue weighted by molar-refractivity contribution is 6.01. The molecular formula is C22H27NO3. The van der Waals surface area contributed by atoms with Gasteiger partial charge in [-0.15, -0.1) is 0 Å². The number of aliphatic hydroxyl groups is 1. The van der Waals surface area contributed by atoms with E-state index in [1.54, 1.807) is 4.90 Å². The first kappa shape index (κ1) is 18.6. The van der Waals surface area contributed by atoms with Crippen LogP contribution in [0.25, 0.3) is 11.1 Å². The molecule has 1 aliphatic heterocycles. The molecule has 1 aliphatic rings. The van der Waals surface area contributed by atoms with Crippen molar-refractivity contribution in [1.82, 2.24) is 4.90 Å². The maximum Gasteiger partial charge on any atom is 0.254 e. The Hall–Kier alpha value is -2.17. The third kappa shape index (κ3) is 3.67. The van der Waals surface area contributed by atoms with Gasteiger partial charge in [0.2, 0.25) is 0 Å². The highest BCUT2D eigenvalue weighted by Crippen LogP contribution is 2.30. The molecule has 0 saturated heterocycles. The van der Waals surface area contributed by atoms with Crippen LogP contribution in [0.15, 0.2) is 48.5 Å². The number of carbonyl (C=O) groups is 1. The van der Waals surface area contributed by atoms with Crippen molar-refractivity contribution >= 4 is 5.91 Å². The van der Waals surface area contributed by atoms with E-state index in [2.05, 4.69) is 13.0 Å². The molecular weight excluding hydrogens is 326 g/mol. The molecule has 3 atom stereocenters. The predicted octanol–water partition coefficient (Wildman–Crippen LogP) is 3.73. The van der Waals surface area contributed by atoms with E-state index in [1.165, 1.54) is 0 Å². The van der Waals surface area contributed by atoms with Crippen LogP contribution in [0, 0.1) is 5.92 Å². The lowest BCUT2D eigenvalue weighted by atomic mass is 9.94. The van der Waals surface area contributed by atoms with E-state index in [9.17, 15) is 9.90 Å². The summed E-state index contributed by atoms with van der Waals surface area (Å²) < 4.78 is 6.12. The Bertz CT molecular complexity index is 773. The molecule has 1 N–H and O–H groups in total. The van der Waals surface area contributed by atoms with Gasteiger partial charge < -0.3 is 14.7 Å². The maximum absolute atomic E-state index is 13.4. The van der Waals surface area contributed by atoms with Crippen LogP contribution in [0.2, 0.25) is 0 Å². The molecule has 2 aromatic rings. The Morgan fingerprint density at radius 2 is 1.69 bits per heavy atom. The van der Waals surface area contributed by atoms with E-state index >= 15 is 0 Å². The number of benzene rings is 2. The first-order chi connectivity index (χ1) is 12.5. The van der Waals surface area contributed by atoms with Crippen LogP contribution in [0.3, 0.4) is 0 Å². The second-order valence-corrected chi connectivity index (χ2v) is 7.19. The molecule has 3 rings (SSSR count). The topological polar surface area (TPSA) is 49.8 Å². The zero-order valence-electron chi connectivity index (χ0n) is 15.7. The number of nitrogens with zero attached hydrogens (tertiary/aromatic N) is 1. The number of ether oxygens (including phenoxy) is 1. The summed E-state index contributed by atoms with van der Waals surface area (Å²) in [5.41, 5.74) is 3.68. The van der Waals surface area contributed by atoms with Crippen molar-refractivity contribution in [2.75, 3.05) is 13.2 Å². The largest absolute Gasteiger partial charge is 0.394 e. The van der Waals surface area contributed by atoms with Crippen LogP contribution in [0.1, 0.15) is 36.7 Å². The molecule has 1 amide bonds. The molecule has 0 saturated carbocycles. The van der Waals surface area contributed by atoms with Crippen molar-refractivity contribution < 1.29 is 14.6 Å². The third-order valence-corrected chi connectivity index (χ3v) is 5.31. The molecule has 2 aromatic carbocycles. The van der Waals surface area contributed by atoms with Gasteiger partial charge in [-0.3, -0.25) is 4.79 Å². The summed E-state index contributed by atoms with van der Waals surface area (Å²) >= 11 is 0. The molecule has 0 spiro atoms. The summed E-state index contributed by atoms with van der Waals surface area (Å²) in [4.78, 5) is 15.2. The maximum atomic E-state index is 13.4. The zero-order chi connectivity index (χ0) is 18.7. The van der Waals surface area contributed by atoms with Crippen LogP contribution < -0.4 is 0 Å². The second kappa shape index (κ2) is 8.02. The lowest BCUT2D eigenvalue weighted by molar-refractivity contribution is 0.00239. The average Bonchev–Trinajstić information content (AvgIpc) is 2.69. The van der Waals surface area contributed by atoms with Gasteiger partial charge >= 0.3 is 0 Å². The van der Waals surface area contributed by atoms with Gasteiger partial charge in [-0.25, -0.2) is 0 Å². The Morgan fingerprint density at radius 1 is 1.08 bits per heavy atom. The van der Waals surface area contributed by atoms with Crippen LogP contribution in [0.4, 0.5) is 0 Å². The summed E-state index contributed by atoms with van der Waals surface area (Å²) in [7, 11) is 0. The van der Waals surface area contributed by atoms with Crippen LogP contribution in [-0.2, 0) is 11.3 Å². The monoisotopic (exact) mass is 353 g/mol. The van der Waals surface area contributed by atoms with Crippen molar-refractivity contribution in [3.63, 3.8) is 0 Å². The number of hydrogen-bond donors (Lipinski definition) is 1. The minimum absolute atomic E-state index is 0.00506. The fourth-order valence-corrected chi connectivity index (χ4v) is 3.37. The quantitative estimate of drug-likeness (QED) is 0.895. The summed E-state index contributed by atoms with van der Waals surface area (Å²) in [6.45, 7) is 7.01. The predicted molar refractivity (Wildman–Crippen MR) is 103 cm³/mol. The standard InChI is InChI=1S/C22H27NO3/c1-15-12-23(16(2)13-24)22(25)21-11-7-6-10-20(21)19-9-5-4-8-18(19)14-26-17(15)3/h4-11,15-17,24H,12-14H2,1-3H3/t15-,16+,17-/m0/s1. The normalized spacial score (nSPS) is 22.2. The number of amides is 1. The lowest BCUT2D eigenvalue weighted by Gasteiger charge is -2.32. The van der Waals surface area contributed by atoms with Crippen LogP contribution >= 0.6 is 0 Å². The number of fused-ring (bicyclic) bond motifs is 3. The molecule has 4 nitrogen and oxygen atoms in total. The van der Waals surface area contributed by atoms with E-state index in [-0.39, 0.29) is 30.6 Å². The fraction of sp³-hybridized carbons (Fsp3) is 0.409. The Balaban J connectivity index is 2.16. The van der Waals surface area contributed by atoms with Gasteiger partial charge in [-0.1, -0.05) is 49.4 Å². The third-order valence-electron chi connectivity index (χ3n) is 5.31. The minimum Gasteiger partial charge on any atom is -0.394 e. The Morgan fingerprint density at radius 3 is 2.38 bits per heavy atom. The minimum atomic E-state index is -0.249. The van der Waals surface area contributed by atoms with Crippen molar-refractivity contribution in [3.8, 4) is 11.1 Å². The van der Waals surface area contributed by atoms with Gasteiger partial charge in [-0.05, 0) is 42.5 Å². The molecule has 0 bridgehead atoms. The SMILES string of the molecule is C[C@@H]1OCc2ccccc2-c2ccccc2C(=O)N([C@H](C)CO)C[C@@H]1C. The zero-order valence-corrected chi connectivity index (χ0v) is 15.7. The second-order valence-electron chi connectivity index (χ2n) is 7.19. The van der Waals surface area contributed by atoms with Crippen molar-refractivity contribution in [3.05, 3.63) is 59.7 Å². The summed E-state index contributed by atoms with van der Waals surface area (Å²) in [5, 5.41) is 9.68. The number of rotatable bonds is 2. The molecule has 4 heteroatoms. The van der Waals surface area contributed by atoms with Crippen LogP contribution in [-0.4, -0.2) is 41.2 Å². The van der Waals surface area contributed by atoms with Gasteiger partial charge in [0.05, 0.1) is 25.4 Å². The van der Waals surface area contributed by atoms with Gasteiger partial charge in [-0.2, -0.15) is 0 Å². The summed E-state index contributed by atoms with van der Waals surface area (Å²) in [5.74, 6) is 0.114. The molecule has 0 unspecified atom stereocenters. The molecule has 0 aromatic heterocycles. The van der Waals surface area contributed by atoms with E-state index in [4.69, 9.17) is 4.74 Å². The van der Waals surface area contributed by atoms with Crippen molar-refractivity contribution in [2.45, 2.75) is 39.5 Å². The summed E-state index contributed by atoms with van der Waals surface area (Å²) in [6, 6.07) is 15.5. The molecule has 26 heavy (non-hydrogen) atoms. The Labute approximate surface area is 155 Å². The fourth-order valence-electron chi connectivity index (χ4n) is 3.37. The van der Waals surface area contributed by atoms with Gasteiger partial charge in [0.1, 0.15) is 0 Å². The van der Waals surface area contributed by atoms with Crippen LogP contribution in [0.5, 0.6) is 0 Å².